The van der Waals surface area contributed by atoms with Gasteiger partial charge in [-0.1, -0.05) is 41.4 Å². The summed E-state index contributed by atoms with van der Waals surface area (Å²) in [6.45, 7) is 3.50. The third kappa shape index (κ3) is 5.08. The Morgan fingerprint density at radius 1 is 1.09 bits per heavy atom. The van der Waals surface area contributed by atoms with Crippen molar-refractivity contribution >= 4 is 29.4 Å². The van der Waals surface area contributed by atoms with E-state index in [9.17, 15) is 9.59 Å². The van der Waals surface area contributed by atoms with Crippen LogP contribution in [0.5, 0.6) is 0 Å². The summed E-state index contributed by atoms with van der Waals surface area (Å²) in [5.74, 6) is -0.766. The van der Waals surface area contributed by atoms with Gasteiger partial charge in [-0.15, -0.1) is 0 Å². The molecule has 118 valence electrons. The van der Waals surface area contributed by atoms with E-state index >= 15 is 0 Å². The maximum absolute atomic E-state index is 12.1. The second-order valence-corrected chi connectivity index (χ2v) is 5.67. The zero-order chi connectivity index (χ0) is 16.8. The average Bonchev–Trinajstić information content (AvgIpc) is 2.54. The maximum atomic E-state index is 12.1. The number of rotatable bonds is 5. The number of ether oxygens (including phenoxy) is 1. The van der Waals surface area contributed by atoms with Gasteiger partial charge in [-0.05, 0) is 49.2 Å². The fraction of sp³-hybridized carbons (Fsp3) is 0.158. The molecule has 4 heteroatoms. The van der Waals surface area contributed by atoms with Crippen LogP contribution in [0.15, 0.2) is 48.5 Å². The molecular weight excluding hydrogens is 312 g/mol. The molecule has 0 heterocycles. The lowest BCUT2D eigenvalue weighted by atomic mass is 10.0. The van der Waals surface area contributed by atoms with Crippen molar-refractivity contribution in [2.45, 2.75) is 13.8 Å². The topological polar surface area (TPSA) is 43.4 Å². The van der Waals surface area contributed by atoms with Crippen LogP contribution in [0, 0.1) is 13.8 Å². The number of esters is 1. The normalized spacial score (nSPS) is 10.7. The summed E-state index contributed by atoms with van der Waals surface area (Å²) in [6, 6.07) is 12.7. The van der Waals surface area contributed by atoms with Crippen LogP contribution in [0.2, 0.25) is 5.02 Å². The third-order valence-corrected chi connectivity index (χ3v) is 3.57. The SMILES string of the molecule is Cc1ccc(C)c(C(=O)COC(=O)/C=C/c2ccc(Cl)cc2)c1. The van der Waals surface area contributed by atoms with Gasteiger partial charge in [0.15, 0.2) is 6.61 Å². The molecule has 23 heavy (non-hydrogen) atoms. The van der Waals surface area contributed by atoms with Crippen LogP contribution in [0.3, 0.4) is 0 Å². The van der Waals surface area contributed by atoms with Crippen molar-refractivity contribution in [1.29, 1.82) is 0 Å². The summed E-state index contributed by atoms with van der Waals surface area (Å²) < 4.78 is 5.00. The van der Waals surface area contributed by atoms with Crippen LogP contribution in [-0.4, -0.2) is 18.4 Å². The number of aryl methyl sites for hydroxylation is 2. The first-order chi connectivity index (χ1) is 11.0. The molecule has 0 radical (unpaired) electrons. The van der Waals surface area contributed by atoms with Crippen LogP contribution in [0.4, 0.5) is 0 Å². The number of halogens is 1. The predicted molar refractivity (Wildman–Crippen MR) is 91.7 cm³/mol. The summed E-state index contributed by atoms with van der Waals surface area (Å²) in [5.41, 5.74) is 3.27. The Balaban J connectivity index is 1.92. The molecule has 0 aliphatic carbocycles. The van der Waals surface area contributed by atoms with Crippen molar-refractivity contribution in [1.82, 2.24) is 0 Å². The summed E-state index contributed by atoms with van der Waals surface area (Å²) in [7, 11) is 0. The Hall–Kier alpha value is -2.39. The third-order valence-electron chi connectivity index (χ3n) is 3.32. The Kier molecular flexibility index (Phi) is 5.72. The van der Waals surface area contributed by atoms with Gasteiger partial charge in [0.05, 0.1) is 0 Å². The summed E-state index contributed by atoms with van der Waals surface area (Å²) in [6.07, 6.45) is 2.90. The molecule has 2 aromatic rings. The second-order valence-electron chi connectivity index (χ2n) is 5.23. The highest BCUT2D eigenvalue weighted by Crippen LogP contribution is 2.12. The van der Waals surface area contributed by atoms with Gasteiger partial charge in [-0.2, -0.15) is 0 Å². The molecule has 0 atom stereocenters. The highest BCUT2D eigenvalue weighted by molar-refractivity contribution is 6.30. The van der Waals surface area contributed by atoms with Crippen molar-refractivity contribution in [2.75, 3.05) is 6.61 Å². The lowest BCUT2D eigenvalue weighted by Gasteiger charge is -2.06. The van der Waals surface area contributed by atoms with E-state index in [1.807, 2.05) is 26.0 Å². The average molecular weight is 329 g/mol. The smallest absolute Gasteiger partial charge is 0.331 e. The molecule has 0 bridgehead atoms. The van der Waals surface area contributed by atoms with Gasteiger partial charge < -0.3 is 4.74 Å². The largest absolute Gasteiger partial charge is 0.454 e. The molecule has 0 fully saturated rings. The van der Waals surface area contributed by atoms with E-state index in [1.165, 1.54) is 6.08 Å². The number of hydrogen-bond acceptors (Lipinski definition) is 3. The van der Waals surface area contributed by atoms with Gasteiger partial charge in [0.1, 0.15) is 0 Å². The van der Waals surface area contributed by atoms with Gasteiger partial charge >= 0.3 is 5.97 Å². The van der Waals surface area contributed by atoms with Crippen LogP contribution in [0.1, 0.15) is 27.0 Å². The van der Waals surface area contributed by atoms with E-state index in [0.29, 0.717) is 10.6 Å². The van der Waals surface area contributed by atoms with Gasteiger partial charge in [0.25, 0.3) is 0 Å². The minimum absolute atomic E-state index is 0.209. The number of benzene rings is 2. The van der Waals surface area contributed by atoms with Crippen LogP contribution in [0.25, 0.3) is 6.08 Å². The molecule has 0 saturated heterocycles. The molecule has 0 aliphatic heterocycles. The maximum Gasteiger partial charge on any atom is 0.331 e. The predicted octanol–water partition coefficient (Wildman–Crippen LogP) is 4.40. The molecule has 0 aliphatic rings. The van der Waals surface area contributed by atoms with E-state index in [0.717, 1.165) is 16.7 Å². The van der Waals surface area contributed by atoms with Gasteiger partial charge in [0, 0.05) is 16.7 Å². The lowest BCUT2D eigenvalue weighted by molar-refractivity contribution is -0.136. The van der Waals surface area contributed by atoms with E-state index < -0.39 is 5.97 Å². The molecule has 2 aromatic carbocycles. The number of hydrogen-bond donors (Lipinski definition) is 0. The zero-order valence-corrected chi connectivity index (χ0v) is 13.8. The minimum atomic E-state index is -0.557. The summed E-state index contributed by atoms with van der Waals surface area (Å²) in [4.78, 5) is 23.8. The molecule has 0 saturated carbocycles. The van der Waals surface area contributed by atoms with Gasteiger partial charge in [0.2, 0.25) is 5.78 Å². The Morgan fingerprint density at radius 3 is 2.48 bits per heavy atom. The zero-order valence-electron chi connectivity index (χ0n) is 13.0. The van der Waals surface area contributed by atoms with Crippen LogP contribution >= 0.6 is 11.6 Å². The summed E-state index contributed by atoms with van der Waals surface area (Å²) >= 11 is 5.79. The van der Waals surface area contributed by atoms with Gasteiger partial charge in [-0.25, -0.2) is 4.79 Å². The molecule has 2 rings (SSSR count). The van der Waals surface area contributed by atoms with E-state index in [-0.39, 0.29) is 12.4 Å². The molecule has 3 nitrogen and oxygen atoms in total. The van der Waals surface area contributed by atoms with Crippen molar-refractivity contribution < 1.29 is 14.3 Å². The van der Waals surface area contributed by atoms with E-state index in [1.54, 1.807) is 36.4 Å². The lowest BCUT2D eigenvalue weighted by Crippen LogP contribution is -2.13. The highest BCUT2D eigenvalue weighted by Gasteiger charge is 2.11. The van der Waals surface area contributed by atoms with E-state index in [4.69, 9.17) is 16.3 Å². The van der Waals surface area contributed by atoms with Crippen molar-refractivity contribution in [2.24, 2.45) is 0 Å². The van der Waals surface area contributed by atoms with Gasteiger partial charge in [-0.3, -0.25) is 4.79 Å². The first-order valence-corrected chi connectivity index (χ1v) is 7.54. The number of ketones is 1. The van der Waals surface area contributed by atoms with Crippen molar-refractivity contribution in [3.05, 3.63) is 75.8 Å². The monoisotopic (exact) mass is 328 g/mol. The quantitative estimate of drug-likeness (QED) is 0.464. The Morgan fingerprint density at radius 2 is 1.78 bits per heavy atom. The molecule has 0 spiro atoms. The van der Waals surface area contributed by atoms with E-state index in [2.05, 4.69) is 0 Å². The minimum Gasteiger partial charge on any atom is -0.454 e. The van der Waals surface area contributed by atoms with Crippen molar-refractivity contribution in [3.63, 3.8) is 0 Å². The summed E-state index contributed by atoms with van der Waals surface area (Å²) in [5, 5.41) is 0.629. The fourth-order valence-electron chi connectivity index (χ4n) is 2.04. The molecule has 0 unspecified atom stereocenters. The van der Waals surface area contributed by atoms with Crippen LogP contribution < -0.4 is 0 Å². The highest BCUT2D eigenvalue weighted by atomic mass is 35.5. The molecular formula is C19H17ClO3. The Bertz CT molecular complexity index is 746. The molecule has 0 amide bonds. The second kappa shape index (κ2) is 7.75. The molecule has 0 N–H and O–H groups in total. The Labute approximate surface area is 140 Å². The van der Waals surface area contributed by atoms with Crippen molar-refractivity contribution in [3.8, 4) is 0 Å². The first kappa shape index (κ1) is 17.0. The number of carbonyl (C=O) groups is 2. The standard InChI is InChI=1S/C19H17ClO3/c1-13-3-4-14(2)17(11-13)18(21)12-23-19(22)10-7-15-5-8-16(20)9-6-15/h3-11H,12H2,1-2H3/b10-7+. The number of Topliss-reactive ketones (excluding diaryl/α,β-unsaturated/α-hetero) is 1. The number of carbonyl (C=O) groups excluding carboxylic acids is 2. The first-order valence-electron chi connectivity index (χ1n) is 7.16. The fourth-order valence-corrected chi connectivity index (χ4v) is 2.16. The van der Waals surface area contributed by atoms with Crippen LogP contribution in [-0.2, 0) is 9.53 Å². The molecule has 0 aromatic heterocycles.